The maximum atomic E-state index is 13.4. The van der Waals surface area contributed by atoms with Crippen molar-refractivity contribution in [1.82, 2.24) is 10.2 Å². The fraction of sp³-hybridized carbons (Fsp3) is 0.462. The molecule has 3 rings (SSSR count). The van der Waals surface area contributed by atoms with E-state index in [1.54, 1.807) is 4.90 Å². The molecule has 1 aliphatic rings. The molecule has 2 aromatic rings. The fourth-order valence-electron chi connectivity index (χ4n) is 4.17. The Morgan fingerprint density at radius 3 is 2.45 bits per heavy atom. The zero-order valence-electron chi connectivity index (χ0n) is 18.8. The van der Waals surface area contributed by atoms with Crippen molar-refractivity contribution < 1.29 is 9.59 Å². The summed E-state index contributed by atoms with van der Waals surface area (Å²) < 4.78 is 0.964. The van der Waals surface area contributed by atoms with E-state index in [0.29, 0.717) is 6.54 Å². The Bertz CT molecular complexity index is 921. The van der Waals surface area contributed by atoms with Crippen LogP contribution in [0, 0.1) is 13.8 Å². The molecule has 0 heterocycles. The zero-order chi connectivity index (χ0) is 22.4. The third-order valence-corrected chi connectivity index (χ3v) is 6.78. The van der Waals surface area contributed by atoms with Crippen molar-refractivity contribution in [2.45, 2.75) is 77.9 Å². The van der Waals surface area contributed by atoms with Crippen LogP contribution in [0.4, 0.5) is 0 Å². The number of carbonyl (C=O) groups excluding carboxylic acids is 2. The average Bonchev–Trinajstić information content (AvgIpc) is 2.75. The van der Waals surface area contributed by atoms with Gasteiger partial charge in [-0.15, -0.1) is 0 Å². The maximum absolute atomic E-state index is 13.4. The van der Waals surface area contributed by atoms with Crippen LogP contribution in [0.5, 0.6) is 0 Å². The lowest BCUT2D eigenvalue weighted by Crippen LogP contribution is -2.50. The molecule has 0 spiro atoms. The molecule has 5 heteroatoms. The average molecular weight is 485 g/mol. The van der Waals surface area contributed by atoms with Gasteiger partial charge in [-0.2, -0.15) is 0 Å². The number of hydrogen-bond donors (Lipinski definition) is 1. The molecule has 1 saturated carbocycles. The molecule has 4 nitrogen and oxygen atoms in total. The van der Waals surface area contributed by atoms with E-state index in [0.717, 1.165) is 41.3 Å². The van der Waals surface area contributed by atoms with Crippen molar-refractivity contribution in [3.63, 3.8) is 0 Å². The molecule has 166 valence electrons. The van der Waals surface area contributed by atoms with Gasteiger partial charge in [-0.3, -0.25) is 9.59 Å². The molecule has 1 unspecified atom stereocenters. The number of amides is 2. The summed E-state index contributed by atoms with van der Waals surface area (Å²) in [6, 6.07) is 13.7. The summed E-state index contributed by atoms with van der Waals surface area (Å²) in [7, 11) is 0. The summed E-state index contributed by atoms with van der Waals surface area (Å²) in [4.78, 5) is 28.1. The topological polar surface area (TPSA) is 49.4 Å². The maximum Gasteiger partial charge on any atom is 0.242 e. The minimum absolute atomic E-state index is 0.0328. The van der Waals surface area contributed by atoms with Crippen LogP contribution in [0.1, 0.15) is 61.3 Å². The van der Waals surface area contributed by atoms with Crippen molar-refractivity contribution in [3.05, 3.63) is 69.2 Å². The lowest BCUT2D eigenvalue weighted by Gasteiger charge is -2.31. The minimum Gasteiger partial charge on any atom is -0.352 e. The van der Waals surface area contributed by atoms with Crippen LogP contribution in [-0.4, -0.2) is 28.8 Å². The Labute approximate surface area is 194 Å². The Hall–Kier alpha value is -2.14. The largest absolute Gasteiger partial charge is 0.352 e. The molecular weight excluding hydrogens is 452 g/mol. The Morgan fingerprint density at radius 1 is 1.03 bits per heavy atom. The van der Waals surface area contributed by atoms with E-state index in [4.69, 9.17) is 0 Å². The second-order valence-electron chi connectivity index (χ2n) is 8.77. The normalized spacial score (nSPS) is 15.4. The smallest absolute Gasteiger partial charge is 0.242 e. The van der Waals surface area contributed by atoms with Crippen molar-refractivity contribution in [3.8, 4) is 0 Å². The summed E-state index contributed by atoms with van der Waals surface area (Å²) >= 11 is 3.51. The predicted octanol–water partition coefficient (Wildman–Crippen LogP) is 5.47. The number of aryl methyl sites for hydroxylation is 2. The van der Waals surface area contributed by atoms with Crippen molar-refractivity contribution in [1.29, 1.82) is 0 Å². The Balaban J connectivity index is 1.77. The van der Waals surface area contributed by atoms with E-state index in [1.165, 1.54) is 17.5 Å². The zero-order valence-corrected chi connectivity index (χ0v) is 20.4. The van der Waals surface area contributed by atoms with Gasteiger partial charge in [0.05, 0.1) is 6.42 Å². The first-order chi connectivity index (χ1) is 14.8. The van der Waals surface area contributed by atoms with Crippen LogP contribution < -0.4 is 5.32 Å². The van der Waals surface area contributed by atoms with Gasteiger partial charge in [-0.05, 0) is 68.0 Å². The molecule has 0 bridgehead atoms. The number of rotatable bonds is 7. The van der Waals surface area contributed by atoms with Gasteiger partial charge in [0, 0.05) is 17.1 Å². The van der Waals surface area contributed by atoms with Gasteiger partial charge < -0.3 is 10.2 Å². The molecule has 2 aromatic carbocycles. The fourth-order valence-corrected chi connectivity index (χ4v) is 4.62. The lowest BCUT2D eigenvalue weighted by molar-refractivity contribution is -0.140. The van der Waals surface area contributed by atoms with Crippen LogP contribution in [0.3, 0.4) is 0 Å². The summed E-state index contributed by atoms with van der Waals surface area (Å²) in [5.74, 6) is -0.0927. The van der Waals surface area contributed by atoms with E-state index in [-0.39, 0.29) is 24.3 Å². The van der Waals surface area contributed by atoms with Crippen molar-refractivity contribution in [2.75, 3.05) is 0 Å². The van der Waals surface area contributed by atoms with Gasteiger partial charge in [0.25, 0.3) is 0 Å². The SMILES string of the molecule is Cc1ccc(CC(=O)N(Cc2cccc(Br)c2)C(C)C(=O)NC2CCCCC2)cc1C. The van der Waals surface area contributed by atoms with E-state index in [1.807, 2.05) is 37.3 Å². The third kappa shape index (κ3) is 6.67. The second-order valence-corrected chi connectivity index (χ2v) is 9.68. The summed E-state index contributed by atoms with van der Waals surface area (Å²) in [6.07, 6.45) is 5.91. The minimum atomic E-state index is -0.528. The van der Waals surface area contributed by atoms with Crippen molar-refractivity contribution >= 4 is 27.7 Å². The molecule has 0 aromatic heterocycles. The standard InChI is InChI=1S/C26H33BrN2O2/c1-18-12-13-21(14-19(18)2)16-25(30)29(17-22-8-7-9-23(27)15-22)20(3)26(31)28-24-10-5-4-6-11-24/h7-9,12-15,20,24H,4-6,10-11,16-17H2,1-3H3,(H,28,31). The predicted molar refractivity (Wildman–Crippen MR) is 129 cm³/mol. The Morgan fingerprint density at radius 2 is 1.77 bits per heavy atom. The van der Waals surface area contributed by atoms with Crippen LogP contribution in [0.25, 0.3) is 0 Å². The van der Waals surface area contributed by atoms with Gasteiger partial charge in [0.15, 0.2) is 0 Å². The molecule has 1 fully saturated rings. The lowest BCUT2D eigenvalue weighted by atomic mass is 9.95. The van der Waals surface area contributed by atoms with Crippen molar-refractivity contribution in [2.24, 2.45) is 0 Å². The highest BCUT2D eigenvalue weighted by Crippen LogP contribution is 2.20. The number of nitrogens with zero attached hydrogens (tertiary/aromatic N) is 1. The molecule has 1 N–H and O–H groups in total. The quantitative estimate of drug-likeness (QED) is 0.565. The van der Waals surface area contributed by atoms with Gasteiger partial charge in [0.2, 0.25) is 11.8 Å². The molecule has 1 atom stereocenters. The number of halogens is 1. The summed E-state index contributed by atoms with van der Waals surface area (Å²) in [6.45, 7) is 6.37. The first kappa shape index (κ1) is 23.5. The molecular formula is C26H33BrN2O2. The monoisotopic (exact) mass is 484 g/mol. The number of nitrogens with one attached hydrogen (secondary N) is 1. The van der Waals surface area contributed by atoms with E-state index in [9.17, 15) is 9.59 Å². The molecule has 0 aliphatic heterocycles. The Kier molecular flexibility index (Phi) is 8.30. The van der Waals surface area contributed by atoms with E-state index >= 15 is 0 Å². The molecule has 0 radical (unpaired) electrons. The second kappa shape index (κ2) is 10.9. The first-order valence-corrected chi connectivity index (χ1v) is 12.0. The number of carbonyl (C=O) groups is 2. The third-order valence-electron chi connectivity index (χ3n) is 6.29. The highest BCUT2D eigenvalue weighted by Gasteiger charge is 2.28. The van der Waals surface area contributed by atoms with Gasteiger partial charge in [0.1, 0.15) is 6.04 Å². The first-order valence-electron chi connectivity index (χ1n) is 11.2. The molecule has 0 saturated heterocycles. The van der Waals surface area contributed by atoms with Crippen LogP contribution in [0.2, 0.25) is 0 Å². The highest BCUT2D eigenvalue weighted by molar-refractivity contribution is 9.10. The van der Waals surface area contributed by atoms with Crippen LogP contribution in [-0.2, 0) is 22.6 Å². The molecule has 1 aliphatic carbocycles. The molecule has 31 heavy (non-hydrogen) atoms. The van der Waals surface area contributed by atoms with Gasteiger partial charge in [-0.1, -0.05) is 65.5 Å². The summed E-state index contributed by atoms with van der Waals surface area (Å²) in [5, 5.41) is 3.19. The van der Waals surface area contributed by atoms with Gasteiger partial charge in [-0.25, -0.2) is 0 Å². The number of hydrogen-bond acceptors (Lipinski definition) is 2. The highest BCUT2D eigenvalue weighted by atomic mass is 79.9. The molecule has 2 amide bonds. The number of benzene rings is 2. The van der Waals surface area contributed by atoms with Gasteiger partial charge >= 0.3 is 0 Å². The summed E-state index contributed by atoms with van der Waals surface area (Å²) in [5.41, 5.74) is 4.36. The van der Waals surface area contributed by atoms with E-state index < -0.39 is 6.04 Å². The van der Waals surface area contributed by atoms with Crippen LogP contribution >= 0.6 is 15.9 Å². The van der Waals surface area contributed by atoms with Crippen LogP contribution in [0.15, 0.2) is 46.9 Å². The van der Waals surface area contributed by atoms with E-state index in [2.05, 4.69) is 47.2 Å².